The number of hydrogen-bond acceptors (Lipinski definition) is 0. The Balaban J connectivity index is 2.38. The summed E-state index contributed by atoms with van der Waals surface area (Å²) in [5.41, 5.74) is 0. The second kappa shape index (κ2) is 2.67. The van der Waals surface area contributed by atoms with Crippen molar-refractivity contribution in [1.29, 1.82) is 0 Å². The zero-order valence-corrected chi connectivity index (χ0v) is 7.17. The minimum atomic E-state index is -0.388. The molecule has 1 unspecified atom stereocenters. The molecule has 0 radical (unpaired) electrons. The van der Waals surface area contributed by atoms with Crippen LogP contribution in [0.5, 0.6) is 0 Å². The third-order valence-corrected chi connectivity index (χ3v) is 2.77. The Hall–Kier alpha value is 0.580. The maximum absolute atomic E-state index is 5.91. The average molecular weight is 167 g/mol. The molecule has 0 aliphatic heterocycles. The van der Waals surface area contributed by atoms with Crippen LogP contribution in [-0.4, -0.2) is 4.33 Å². The molecule has 1 fully saturated rings. The molecule has 0 N–H and O–H groups in total. The molecule has 0 spiro atoms. The molecular formula is C7H12Cl2. The van der Waals surface area contributed by atoms with Gasteiger partial charge in [-0.15, -0.1) is 23.2 Å². The minimum Gasteiger partial charge on any atom is -0.102 e. The Morgan fingerprint density at radius 1 is 1.56 bits per heavy atom. The van der Waals surface area contributed by atoms with Crippen LogP contribution >= 0.6 is 23.2 Å². The second-order valence-corrected chi connectivity index (χ2v) is 4.51. The molecule has 9 heavy (non-hydrogen) atoms. The topological polar surface area (TPSA) is 0 Å². The van der Waals surface area contributed by atoms with Gasteiger partial charge in [0.25, 0.3) is 0 Å². The van der Waals surface area contributed by atoms with Crippen molar-refractivity contribution < 1.29 is 0 Å². The van der Waals surface area contributed by atoms with Crippen LogP contribution in [-0.2, 0) is 0 Å². The molecule has 0 heterocycles. The smallest absolute Gasteiger partial charge is 0.102 e. The molecule has 1 aliphatic rings. The summed E-state index contributed by atoms with van der Waals surface area (Å²) in [6.45, 7) is 2.19. The fourth-order valence-corrected chi connectivity index (χ4v) is 2.04. The van der Waals surface area contributed by atoms with Gasteiger partial charge in [0.05, 0.1) is 0 Å². The molecule has 2 heteroatoms. The van der Waals surface area contributed by atoms with Crippen LogP contribution in [0.2, 0.25) is 0 Å². The first-order valence-electron chi connectivity index (χ1n) is 3.52. The molecule has 1 rings (SSSR count). The average Bonchev–Trinajstić information content (AvgIpc) is 2.10. The quantitative estimate of drug-likeness (QED) is 0.525. The lowest BCUT2D eigenvalue weighted by atomic mass is 10.1. The lowest BCUT2D eigenvalue weighted by Crippen LogP contribution is -2.05. The highest BCUT2D eigenvalue weighted by molar-refractivity contribution is 6.48. The van der Waals surface area contributed by atoms with Gasteiger partial charge in [-0.1, -0.05) is 13.3 Å². The van der Waals surface area contributed by atoms with E-state index in [1.54, 1.807) is 0 Å². The van der Waals surface area contributed by atoms with E-state index in [4.69, 9.17) is 23.2 Å². The highest BCUT2D eigenvalue weighted by Crippen LogP contribution is 2.43. The van der Waals surface area contributed by atoms with Gasteiger partial charge in [0.15, 0.2) is 0 Å². The SMILES string of the molecule is CCC1CCC(Cl)(Cl)C1. The third-order valence-electron chi connectivity index (χ3n) is 2.08. The number of hydrogen-bond donors (Lipinski definition) is 0. The van der Waals surface area contributed by atoms with E-state index in [-0.39, 0.29) is 4.33 Å². The predicted molar refractivity (Wildman–Crippen MR) is 42.1 cm³/mol. The summed E-state index contributed by atoms with van der Waals surface area (Å²) in [6.07, 6.45) is 4.41. The molecule has 54 valence electrons. The largest absolute Gasteiger partial charge is 0.118 e. The lowest BCUT2D eigenvalue weighted by Gasteiger charge is -2.10. The molecule has 0 aromatic carbocycles. The predicted octanol–water partition coefficient (Wildman–Crippen LogP) is 3.37. The molecule has 0 saturated heterocycles. The Bertz CT molecular complexity index is 99.1. The summed E-state index contributed by atoms with van der Waals surface area (Å²) in [5, 5.41) is 0. The van der Waals surface area contributed by atoms with Crippen molar-refractivity contribution in [3.8, 4) is 0 Å². The van der Waals surface area contributed by atoms with Crippen LogP contribution in [0.4, 0.5) is 0 Å². The fraction of sp³-hybridized carbons (Fsp3) is 1.00. The minimum absolute atomic E-state index is 0.388. The van der Waals surface area contributed by atoms with Crippen LogP contribution in [0, 0.1) is 5.92 Å². The molecule has 0 nitrogen and oxygen atoms in total. The Kier molecular flexibility index (Phi) is 2.28. The van der Waals surface area contributed by atoms with Gasteiger partial charge in [-0.05, 0) is 25.2 Å². The standard InChI is InChI=1S/C7H12Cl2/c1-2-6-3-4-7(8,9)5-6/h6H,2-5H2,1H3. The van der Waals surface area contributed by atoms with Crippen LogP contribution in [0.25, 0.3) is 0 Å². The van der Waals surface area contributed by atoms with E-state index in [0.29, 0.717) is 0 Å². The lowest BCUT2D eigenvalue weighted by molar-refractivity contribution is 0.527. The highest BCUT2D eigenvalue weighted by atomic mass is 35.5. The molecule has 1 saturated carbocycles. The summed E-state index contributed by atoms with van der Waals surface area (Å²) < 4.78 is -0.388. The van der Waals surface area contributed by atoms with E-state index in [1.165, 1.54) is 12.8 Å². The van der Waals surface area contributed by atoms with Crippen LogP contribution in [0.3, 0.4) is 0 Å². The Morgan fingerprint density at radius 3 is 2.44 bits per heavy atom. The van der Waals surface area contributed by atoms with Crippen molar-refractivity contribution in [2.45, 2.75) is 36.9 Å². The zero-order valence-electron chi connectivity index (χ0n) is 5.66. The van der Waals surface area contributed by atoms with Crippen molar-refractivity contribution in [2.24, 2.45) is 5.92 Å². The molecule has 0 aromatic rings. The van der Waals surface area contributed by atoms with E-state index >= 15 is 0 Å². The van der Waals surface area contributed by atoms with E-state index in [2.05, 4.69) is 6.92 Å². The summed E-state index contributed by atoms with van der Waals surface area (Å²) >= 11 is 11.8. The maximum atomic E-state index is 5.91. The van der Waals surface area contributed by atoms with Crippen molar-refractivity contribution in [2.75, 3.05) is 0 Å². The van der Waals surface area contributed by atoms with Gasteiger partial charge in [-0.3, -0.25) is 0 Å². The zero-order chi connectivity index (χ0) is 6.91. The molecule has 1 atom stereocenters. The summed E-state index contributed by atoms with van der Waals surface area (Å²) in [4.78, 5) is 0. The van der Waals surface area contributed by atoms with Crippen LogP contribution < -0.4 is 0 Å². The van der Waals surface area contributed by atoms with Crippen LogP contribution in [0.1, 0.15) is 32.6 Å². The number of alkyl halides is 2. The molecule has 1 aliphatic carbocycles. The number of rotatable bonds is 1. The number of halogens is 2. The van der Waals surface area contributed by atoms with Gasteiger partial charge >= 0.3 is 0 Å². The Morgan fingerprint density at radius 2 is 2.22 bits per heavy atom. The molecule has 0 amide bonds. The van der Waals surface area contributed by atoms with Gasteiger partial charge in [-0.2, -0.15) is 0 Å². The normalized spacial score (nSPS) is 33.0. The van der Waals surface area contributed by atoms with Crippen molar-refractivity contribution >= 4 is 23.2 Å². The van der Waals surface area contributed by atoms with E-state index < -0.39 is 0 Å². The molecule has 0 bridgehead atoms. The van der Waals surface area contributed by atoms with E-state index in [1.807, 2.05) is 0 Å². The first-order chi connectivity index (χ1) is 4.14. The monoisotopic (exact) mass is 166 g/mol. The summed E-state index contributed by atoms with van der Waals surface area (Å²) in [7, 11) is 0. The third kappa shape index (κ3) is 2.01. The van der Waals surface area contributed by atoms with Gasteiger partial charge in [-0.25, -0.2) is 0 Å². The first-order valence-corrected chi connectivity index (χ1v) is 4.27. The Labute approximate surface area is 66.5 Å². The molecule has 0 aromatic heterocycles. The van der Waals surface area contributed by atoms with Crippen molar-refractivity contribution in [3.05, 3.63) is 0 Å². The molecular weight excluding hydrogens is 155 g/mol. The van der Waals surface area contributed by atoms with Gasteiger partial charge in [0.1, 0.15) is 4.33 Å². The summed E-state index contributed by atoms with van der Waals surface area (Å²) in [5.74, 6) is 0.778. The van der Waals surface area contributed by atoms with Crippen LogP contribution in [0.15, 0.2) is 0 Å². The van der Waals surface area contributed by atoms with Crippen molar-refractivity contribution in [3.63, 3.8) is 0 Å². The van der Waals surface area contributed by atoms with E-state index in [0.717, 1.165) is 18.8 Å². The summed E-state index contributed by atoms with van der Waals surface area (Å²) in [6, 6.07) is 0. The second-order valence-electron chi connectivity index (χ2n) is 2.87. The highest BCUT2D eigenvalue weighted by Gasteiger charge is 2.34. The fourth-order valence-electron chi connectivity index (χ4n) is 1.39. The van der Waals surface area contributed by atoms with Gasteiger partial charge < -0.3 is 0 Å². The van der Waals surface area contributed by atoms with Gasteiger partial charge in [0.2, 0.25) is 0 Å². The van der Waals surface area contributed by atoms with E-state index in [9.17, 15) is 0 Å². The van der Waals surface area contributed by atoms with Crippen molar-refractivity contribution in [1.82, 2.24) is 0 Å². The van der Waals surface area contributed by atoms with Gasteiger partial charge in [0, 0.05) is 0 Å². The first kappa shape index (κ1) is 7.68. The maximum Gasteiger partial charge on any atom is 0.118 e.